The Balaban J connectivity index is 2.25. The van der Waals surface area contributed by atoms with Gasteiger partial charge in [-0.15, -0.1) is 0 Å². The van der Waals surface area contributed by atoms with Gasteiger partial charge in [-0.3, -0.25) is 4.99 Å². The van der Waals surface area contributed by atoms with Crippen LogP contribution in [0.3, 0.4) is 0 Å². The Kier molecular flexibility index (Phi) is 3.70. The number of aliphatic imine (C=N–C) groups is 1. The third-order valence-electron chi connectivity index (χ3n) is 2.89. The zero-order valence-electron chi connectivity index (χ0n) is 10.7. The molecule has 0 atom stereocenters. The molecule has 0 spiro atoms. The van der Waals surface area contributed by atoms with E-state index in [0.717, 1.165) is 0 Å². The molecule has 0 unspecified atom stereocenters. The smallest absolute Gasteiger partial charge is 0.244 e. The van der Waals surface area contributed by atoms with Gasteiger partial charge >= 0.3 is 0 Å². The lowest BCUT2D eigenvalue weighted by Gasteiger charge is -2.26. The monoisotopic (exact) mass is 270 g/mol. The highest BCUT2D eigenvalue weighted by Crippen LogP contribution is 2.23. The molecule has 5 nitrogen and oxygen atoms in total. The van der Waals surface area contributed by atoms with Gasteiger partial charge in [-0.2, -0.15) is 4.31 Å². The lowest BCUT2D eigenvalue weighted by atomic mass is 9.95. The Hall–Kier alpha value is -0.980. The van der Waals surface area contributed by atoms with Crippen LogP contribution in [0.5, 0.6) is 0 Å². The van der Waals surface area contributed by atoms with Crippen LogP contribution in [0.4, 0.5) is 0 Å². The number of rotatable bonds is 2. The Morgan fingerprint density at radius 3 is 2.67 bits per heavy atom. The minimum Gasteiger partial charge on any atom is -0.379 e. The van der Waals surface area contributed by atoms with Crippen LogP contribution >= 0.6 is 0 Å². The zero-order valence-corrected chi connectivity index (χ0v) is 11.5. The molecule has 2 heterocycles. The summed E-state index contributed by atoms with van der Waals surface area (Å²) in [6.45, 7) is 5.66. The normalized spacial score (nSPS) is 24.7. The van der Waals surface area contributed by atoms with Crippen molar-refractivity contribution in [3.63, 3.8) is 0 Å². The molecule has 2 rings (SSSR count). The van der Waals surface area contributed by atoms with Crippen LogP contribution in [0, 0.1) is 5.41 Å². The zero-order chi connectivity index (χ0) is 13.2. The Bertz CT molecular complexity index is 497. The van der Waals surface area contributed by atoms with Gasteiger partial charge in [0.2, 0.25) is 10.0 Å². The molecule has 18 heavy (non-hydrogen) atoms. The average molecular weight is 270 g/mol. The summed E-state index contributed by atoms with van der Waals surface area (Å²) in [6.07, 6.45) is 6.65. The van der Waals surface area contributed by atoms with Crippen LogP contribution in [-0.4, -0.2) is 45.2 Å². The predicted molar refractivity (Wildman–Crippen MR) is 70.8 cm³/mol. The SMILES string of the molecule is CC1(C)C=CC(S(=O)(=O)N2CCOCC2)=CN=C1. The van der Waals surface area contributed by atoms with E-state index in [1.807, 2.05) is 19.9 Å². The topological polar surface area (TPSA) is 59.0 Å². The number of ether oxygens (including phenoxy) is 1. The van der Waals surface area contributed by atoms with E-state index in [4.69, 9.17) is 4.74 Å². The maximum Gasteiger partial charge on any atom is 0.244 e. The summed E-state index contributed by atoms with van der Waals surface area (Å²) in [5.74, 6) is 0. The standard InChI is InChI=1S/C12H18N2O3S/c1-12(2)4-3-11(9-13-10-12)18(15,16)14-5-7-17-8-6-14/h3-4,9-10H,5-8H2,1-2H3. The van der Waals surface area contributed by atoms with Gasteiger partial charge in [0.05, 0.1) is 13.2 Å². The fourth-order valence-electron chi connectivity index (χ4n) is 1.77. The second kappa shape index (κ2) is 4.95. The van der Waals surface area contributed by atoms with Crippen molar-refractivity contribution in [2.75, 3.05) is 26.3 Å². The molecule has 0 bridgehead atoms. The van der Waals surface area contributed by atoms with Gasteiger partial charge in [0, 0.05) is 30.9 Å². The molecule has 1 fully saturated rings. The fraction of sp³-hybridized carbons (Fsp3) is 0.583. The van der Waals surface area contributed by atoms with Gasteiger partial charge in [-0.05, 0) is 6.08 Å². The molecule has 0 aromatic heterocycles. The molecule has 0 saturated carbocycles. The number of morpholine rings is 1. The summed E-state index contributed by atoms with van der Waals surface area (Å²) in [7, 11) is -3.44. The molecule has 1 saturated heterocycles. The minimum atomic E-state index is -3.44. The first-order chi connectivity index (χ1) is 8.42. The van der Waals surface area contributed by atoms with Gasteiger partial charge in [-0.1, -0.05) is 19.9 Å². The van der Waals surface area contributed by atoms with E-state index < -0.39 is 10.0 Å². The van der Waals surface area contributed by atoms with Crippen molar-refractivity contribution in [3.05, 3.63) is 23.3 Å². The van der Waals surface area contributed by atoms with Gasteiger partial charge in [-0.25, -0.2) is 8.42 Å². The highest BCUT2D eigenvalue weighted by molar-refractivity contribution is 7.93. The van der Waals surface area contributed by atoms with E-state index in [2.05, 4.69) is 4.99 Å². The number of hydrogen-bond acceptors (Lipinski definition) is 4. The van der Waals surface area contributed by atoms with Gasteiger partial charge < -0.3 is 4.74 Å². The molecule has 2 aliphatic rings. The van der Waals surface area contributed by atoms with Crippen LogP contribution in [0.2, 0.25) is 0 Å². The van der Waals surface area contributed by atoms with Gasteiger partial charge in [0.15, 0.2) is 0 Å². The third-order valence-corrected chi connectivity index (χ3v) is 4.78. The average Bonchev–Trinajstić information content (AvgIpc) is 2.52. The number of nitrogens with zero attached hydrogens (tertiary/aromatic N) is 2. The summed E-state index contributed by atoms with van der Waals surface area (Å²) < 4.78 is 31.4. The molecule has 0 aliphatic carbocycles. The number of sulfonamides is 1. The summed E-state index contributed by atoms with van der Waals surface area (Å²) >= 11 is 0. The van der Waals surface area contributed by atoms with Crippen molar-refractivity contribution in [1.82, 2.24) is 4.31 Å². The van der Waals surface area contributed by atoms with E-state index in [9.17, 15) is 8.42 Å². The minimum absolute atomic E-state index is 0.223. The quantitative estimate of drug-likeness (QED) is 0.756. The van der Waals surface area contributed by atoms with Crippen LogP contribution in [0.25, 0.3) is 0 Å². The number of allylic oxidation sites excluding steroid dienone is 2. The summed E-state index contributed by atoms with van der Waals surface area (Å²) in [5.41, 5.74) is -0.223. The lowest BCUT2D eigenvalue weighted by molar-refractivity contribution is 0.0734. The number of hydrogen-bond donors (Lipinski definition) is 0. The van der Waals surface area contributed by atoms with E-state index >= 15 is 0 Å². The molecule has 0 N–H and O–H groups in total. The highest BCUT2D eigenvalue weighted by Gasteiger charge is 2.28. The van der Waals surface area contributed by atoms with E-state index in [-0.39, 0.29) is 10.3 Å². The van der Waals surface area contributed by atoms with Gasteiger partial charge in [0.25, 0.3) is 0 Å². The van der Waals surface area contributed by atoms with Crippen LogP contribution in [-0.2, 0) is 14.8 Å². The lowest BCUT2D eigenvalue weighted by Crippen LogP contribution is -2.40. The molecule has 0 amide bonds. The van der Waals surface area contributed by atoms with Crippen LogP contribution < -0.4 is 0 Å². The fourth-order valence-corrected chi connectivity index (χ4v) is 3.14. The highest BCUT2D eigenvalue weighted by atomic mass is 32.2. The van der Waals surface area contributed by atoms with Gasteiger partial charge in [0.1, 0.15) is 4.91 Å². The van der Waals surface area contributed by atoms with E-state index in [0.29, 0.717) is 26.3 Å². The van der Waals surface area contributed by atoms with Crippen molar-refractivity contribution in [2.45, 2.75) is 13.8 Å². The molecule has 0 radical (unpaired) electrons. The maximum atomic E-state index is 12.4. The first-order valence-corrected chi connectivity index (χ1v) is 7.37. The third kappa shape index (κ3) is 2.88. The first kappa shape index (κ1) is 13.5. The molecule has 100 valence electrons. The van der Waals surface area contributed by atoms with Crippen LogP contribution in [0.1, 0.15) is 13.8 Å². The summed E-state index contributed by atoms with van der Waals surface area (Å²) in [5, 5.41) is 0. The molecular formula is C12H18N2O3S. The molecule has 0 aromatic rings. The maximum absolute atomic E-state index is 12.4. The van der Waals surface area contributed by atoms with Crippen molar-refractivity contribution in [1.29, 1.82) is 0 Å². The van der Waals surface area contributed by atoms with Crippen molar-refractivity contribution < 1.29 is 13.2 Å². The van der Waals surface area contributed by atoms with E-state index in [1.165, 1.54) is 10.5 Å². The second-order valence-corrected chi connectivity index (χ2v) is 6.92. The second-order valence-electron chi connectivity index (χ2n) is 4.98. The van der Waals surface area contributed by atoms with Crippen molar-refractivity contribution in [3.8, 4) is 0 Å². The first-order valence-electron chi connectivity index (χ1n) is 5.93. The van der Waals surface area contributed by atoms with E-state index in [1.54, 1.807) is 12.3 Å². The molecular weight excluding hydrogens is 252 g/mol. The van der Waals surface area contributed by atoms with Crippen molar-refractivity contribution >= 4 is 16.2 Å². The summed E-state index contributed by atoms with van der Waals surface area (Å²) in [4.78, 5) is 4.32. The van der Waals surface area contributed by atoms with Crippen molar-refractivity contribution in [2.24, 2.45) is 10.4 Å². The Morgan fingerprint density at radius 2 is 2.00 bits per heavy atom. The molecule has 6 heteroatoms. The molecule has 0 aromatic carbocycles. The summed E-state index contributed by atoms with van der Waals surface area (Å²) in [6, 6.07) is 0. The Morgan fingerprint density at radius 1 is 1.33 bits per heavy atom. The molecule has 2 aliphatic heterocycles. The largest absolute Gasteiger partial charge is 0.379 e. The Labute approximate surface area is 108 Å². The van der Waals surface area contributed by atoms with Crippen LogP contribution in [0.15, 0.2) is 28.2 Å². The predicted octanol–water partition coefficient (Wildman–Crippen LogP) is 1.16.